The molecule has 0 aromatic rings. The van der Waals surface area contributed by atoms with Gasteiger partial charge in [-0.05, 0) is 19.8 Å². The third-order valence-electron chi connectivity index (χ3n) is 1.31. The van der Waals surface area contributed by atoms with Crippen LogP contribution in [0.1, 0.15) is 19.8 Å². The van der Waals surface area contributed by atoms with Crippen molar-refractivity contribution in [2.75, 3.05) is 13.7 Å². The maximum Gasteiger partial charge on any atom is 0.0774 e. The molecule has 0 spiro atoms. The van der Waals surface area contributed by atoms with E-state index in [1.54, 1.807) is 7.11 Å². The van der Waals surface area contributed by atoms with E-state index in [0.29, 0.717) is 6.61 Å². The molecule has 3 heteroatoms. The standard InChI is InChI=1S/C7H17NO2/c1-6(8)3-4-7(9)5-10-2/h6-7,9H,3-5,8H2,1-2H3. The number of hydrogen-bond acceptors (Lipinski definition) is 3. The molecule has 2 atom stereocenters. The maximum atomic E-state index is 9.12. The Bertz CT molecular complexity index is 76.0. The Balaban J connectivity index is 3.12. The number of hydrogen-bond donors (Lipinski definition) is 2. The van der Waals surface area contributed by atoms with Crippen molar-refractivity contribution < 1.29 is 9.84 Å². The largest absolute Gasteiger partial charge is 0.391 e. The Morgan fingerprint density at radius 1 is 1.50 bits per heavy atom. The quantitative estimate of drug-likeness (QED) is 0.580. The minimum atomic E-state index is -0.351. The van der Waals surface area contributed by atoms with Gasteiger partial charge < -0.3 is 15.6 Å². The van der Waals surface area contributed by atoms with E-state index in [9.17, 15) is 0 Å². The van der Waals surface area contributed by atoms with Crippen molar-refractivity contribution >= 4 is 0 Å². The molecule has 0 bridgehead atoms. The van der Waals surface area contributed by atoms with E-state index in [0.717, 1.165) is 12.8 Å². The molecular formula is C7H17NO2. The summed E-state index contributed by atoms with van der Waals surface area (Å²) in [7, 11) is 1.58. The van der Waals surface area contributed by atoms with Gasteiger partial charge in [0.1, 0.15) is 0 Å². The van der Waals surface area contributed by atoms with Crippen LogP contribution in [0.15, 0.2) is 0 Å². The lowest BCUT2D eigenvalue weighted by atomic mass is 10.1. The van der Waals surface area contributed by atoms with E-state index in [-0.39, 0.29) is 12.1 Å². The number of methoxy groups -OCH3 is 1. The zero-order chi connectivity index (χ0) is 7.98. The van der Waals surface area contributed by atoms with Gasteiger partial charge in [0.05, 0.1) is 12.7 Å². The summed E-state index contributed by atoms with van der Waals surface area (Å²) in [6.07, 6.45) is 1.23. The fourth-order valence-corrected chi connectivity index (χ4v) is 0.731. The van der Waals surface area contributed by atoms with Gasteiger partial charge in [-0.2, -0.15) is 0 Å². The van der Waals surface area contributed by atoms with Gasteiger partial charge in [0, 0.05) is 13.2 Å². The Morgan fingerprint density at radius 3 is 2.50 bits per heavy atom. The summed E-state index contributed by atoms with van der Waals surface area (Å²) in [6.45, 7) is 2.34. The van der Waals surface area contributed by atoms with Gasteiger partial charge in [-0.1, -0.05) is 0 Å². The summed E-state index contributed by atoms with van der Waals surface area (Å²) in [5.41, 5.74) is 5.48. The molecule has 0 amide bonds. The monoisotopic (exact) mass is 147 g/mol. The Hall–Kier alpha value is -0.120. The van der Waals surface area contributed by atoms with E-state index in [1.165, 1.54) is 0 Å². The predicted octanol–water partition coefficient (Wildman–Crippen LogP) is 0.121. The first kappa shape index (κ1) is 9.88. The number of rotatable bonds is 5. The number of aliphatic hydroxyl groups excluding tert-OH is 1. The second-order valence-electron chi connectivity index (χ2n) is 2.66. The predicted molar refractivity (Wildman–Crippen MR) is 40.8 cm³/mol. The summed E-state index contributed by atoms with van der Waals surface area (Å²) >= 11 is 0. The SMILES string of the molecule is COCC(O)CCC(C)N. The zero-order valence-electron chi connectivity index (χ0n) is 6.71. The molecule has 0 saturated carbocycles. The molecule has 0 aliphatic heterocycles. The highest BCUT2D eigenvalue weighted by Crippen LogP contribution is 1.99. The average molecular weight is 147 g/mol. The van der Waals surface area contributed by atoms with Crippen LogP contribution >= 0.6 is 0 Å². The molecule has 0 aromatic carbocycles. The van der Waals surface area contributed by atoms with E-state index >= 15 is 0 Å². The lowest BCUT2D eigenvalue weighted by Gasteiger charge is -2.10. The van der Waals surface area contributed by atoms with Crippen LogP contribution in [0.25, 0.3) is 0 Å². The van der Waals surface area contributed by atoms with Gasteiger partial charge >= 0.3 is 0 Å². The van der Waals surface area contributed by atoms with Gasteiger partial charge in [-0.15, -0.1) is 0 Å². The summed E-state index contributed by atoms with van der Waals surface area (Å²) in [5, 5.41) is 9.12. The number of aliphatic hydroxyl groups is 1. The van der Waals surface area contributed by atoms with E-state index in [1.807, 2.05) is 6.92 Å². The average Bonchev–Trinajstić information content (AvgIpc) is 1.85. The molecule has 62 valence electrons. The highest BCUT2D eigenvalue weighted by molar-refractivity contribution is 4.59. The highest BCUT2D eigenvalue weighted by atomic mass is 16.5. The van der Waals surface area contributed by atoms with Crippen LogP contribution in [0.4, 0.5) is 0 Å². The molecule has 0 aromatic heterocycles. The minimum absolute atomic E-state index is 0.173. The molecule has 3 N–H and O–H groups in total. The van der Waals surface area contributed by atoms with Gasteiger partial charge in [0.2, 0.25) is 0 Å². The van der Waals surface area contributed by atoms with Crippen LogP contribution < -0.4 is 5.73 Å². The van der Waals surface area contributed by atoms with Crippen LogP contribution in [-0.2, 0) is 4.74 Å². The fraction of sp³-hybridized carbons (Fsp3) is 1.00. The van der Waals surface area contributed by atoms with Crippen LogP contribution in [0, 0.1) is 0 Å². The molecule has 2 unspecified atom stereocenters. The van der Waals surface area contributed by atoms with Gasteiger partial charge in [0.15, 0.2) is 0 Å². The zero-order valence-corrected chi connectivity index (χ0v) is 6.71. The molecule has 0 radical (unpaired) electrons. The van der Waals surface area contributed by atoms with Crippen LogP contribution in [-0.4, -0.2) is 31.0 Å². The Kier molecular flexibility index (Phi) is 5.58. The molecular weight excluding hydrogens is 130 g/mol. The summed E-state index contributed by atoms with van der Waals surface area (Å²) in [4.78, 5) is 0. The number of nitrogens with two attached hydrogens (primary N) is 1. The van der Waals surface area contributed by atoms with Crippen LogP contribution in [0.5, 0.6) is 0 Å². The van der Waals surface area contributed by atoms with Gasteiger partial charge in [-0.3, -0.25) is 0 Å². The van der Waals surface area contributed by atoms with Gasteiger partial charge in [-0.25, -0.2) is 0 Å². The lowest BCUT2D eigenvalue weighted by Crippen LogP contribution is -2.20. The third kappa shape index (κ3) is 6.01. The lowest BCUT2D eigenvalue weighted by molar-refractivity contribution is 0.0571. The summed E-state index contributed by atoms with van der Waals surface area (Å²) < 4.78 is 4.75. The first-order valence-electron chi connectivity index (χ1n) is 3.59. The number of ether oxygens (including phenoxy) is 1. The highest BCUT2D eigenvalue weighted by Gasteiger charge is 2.03. The first-order chi connectivity index (χ1) is 4.66. The molecule has 0 saturated heterocycles. The van der Waals surface area contributed by atoms with Gasteiger partial charge in [0.25, 0.3) is 0 Å². The van der Waals surface area contributed by atoms with Crippen molar-refractivity contribution in [2.24, 2.45) is 5.73 Å². The third-order valence-corrected chi connectivity index (χ3v) is 1.31. The molecule has 0 rings (SSSR count). The van der Waals surface area contributed by atoms with Crippen molar-refractivity contribution in [1.82, 2.24) is 0 Å². The molecule has 0 fully saturated rings. The van der Waals surface area contributed by atoms with Crippen molar-refractivity contribution in [2.45, 2.75) is 31.9 Å². The van der Waals surface area contributed by atoms with Crippen molar-refractivity contribution in [1.29, 1.82) is 0 Å². The van der Waals surface area contributed by atoms with Crippen molar-refractivity contribution in [3.8, 4) is 0 Å². The Labute approximate surface area is 62.2 Å². The van der Waals surface area contributed by atoms with Crippen LogP contribution in [0.3, 0.4) is 0 Å². The van der Waals surface area contributed by atoms with E-state index < -0.39 is 0 Å². The molecule has 10 heavy (non-hydrogen) atoms. The van der Waals surface area contributed by atoms with Crippen molar-refractivity contribution in [3.63, 3.8) is 0 Å². The second-order valence-corrected chi connectivity index (χ2v) is 2.66. The molecule has 0 heterocycles. The summed E-state index contributed by atoms with van der Waals surface area (Å²) in [5.74, 6) is 0. The maximum absolute atomic E-state index is 9.12. The normalized spacial score (nSPS) is 16.8. The minimum Gasteiger partial charge on any atom is -0.391 e. The summed E-state index contributed by atoms with van der Waals surface area (Å²) in [6, 6.07) is 0.173. The Morgan fingerprint density at radius 2 is 2.10 bits per heavy atom. The fourth-order valence-electron chi connectivity index (χ4n) is 0.731. The van der Waals surface area contributed by atoms with E-state index in [2.05, 4.69) is 0 Å². The first-order valence-corrected chi connectivity index (χ1v) is 3.59. The smallest absolute Gasteiger partial charge is 0.0774 e. The molecule has 0 aliphatic rings. The van der Waals surface area contributed by atoms with E-state index in [4.69, 9.17) is 15.6 Å². The van der Waals surface area contributed by atoms with Crippen LogP contribution in [0.2, 0.25) is 0 Å². The topological polar surface area (TPSA) is 55.5 Å². The second kappa shape index (κ2) is 5.65. The molecule has 0 aliphatic carbocycles. The molecule has 3 nitrogen and oxygen atoms in total. The van der Waals surface area contributed by atoms with Crippen molar-refractivity contribution in [3.05, 3.63) is 0 Å².